The molecule has 0 unspecified atom stereocenters. The minimum atomic E-state index is -4.97. The number of carbonyl (C=O) groups is 2. The number of rotatable bonds is 3. The van der Waals surface area contributed by atoms with Gasteiger partial charge in [0.2, 0.25) is 0 Å². The number of alkyl halides is 3. The van der Waals surface area contributed by atoms with E-state index in [0.29, 0.717) is 25.7 Å². The highest BCUT2D eigenvalue weighted by molar-refractivity contribution is 5.83. The van der Waals surface area contributed by atoms with Crippen molar-refractivity contribution >= 4 is 11.9 Å². The molecule has 1 amide bonds. The average Bonchev–Trinajstić information content (AvgIpc) is 2.50. The number of amides is 1. The van der Waals surface area contributed by atoms with Crippen molar-refractivity contribution in [3.8, 4) is 0 Å². The first-order chi connectivity index (χ1) is 8.28. The summed E-state index contributed by atoms with van der Waals surface area (Å²) in [6, 6.07) is 0. The van der Waals surface area contributed by atoms with Crippen molar-refractivity contribution < 1.29 is 27.9 Å². The molecule has 1 aliphatic carbocycles. The van der Waals surface area contributed by atoms with E-state index >= 15 is 0 Å². The van der Waals surface area contributed by atoms with Gasteiger partial charge in [0.25, 0.3) is 0 Å². The monoisotopic (exact) mass is 267 g/mol. The maximum Gasteiger partial charge on any atom is 0.471 e. The van der Waals surface area contributed by atoms with Gasteiger partial charge in [0.1, 0.15) is 0 Å². The van der Waals surface area contributed by atoms with Crippen LogP contribution in [0.2, 0.25) is 0 Å². The van der Waals surface area contributed by atoms with Crippen LogP contribution in [0.4, 0.5) is 13.2 Å². The highest BCUT2D eigenvalue weighted by Crippen LogP contribution is 2.35. The maximum absolute atomic E-state index is 12.1. The Hall–Kier alpha value is -1.27. The molecule has 0 aliphatic heterocycles. The lowest BCUT2D eigenvalue weighted by Crippen LogP contribution is -2.46. The summed E-state index contributed by atoms with van der Waals surface area (Å²) >= 11 is 0. The Bertz CT molecular complexity index is 320. The van der Waals surface area contributed by atoms with Crippen LogP contribution in [0.3, 0.4) is 0 Å². The van der Waals surface area contributed by atoms with Gasteiger partial charge in [-0.25, -0.2) is 0 Å². The molecule has 0 saturated heterocycles. The minimum Gasteiger partial charge on any atom is -0.481 e. The van der Waals surface area contributed by atoms with Gasteiger partial charge >= 0.3 is 18.1 Å². The third-order valence-corrected chi connectivity index (χ3v) is 3.36. The van der Waals surface area contributed by atoms with E-state index in [0.717, 1.165) is 12.8 Å². The summed E-state index contributed by atoms with van der Waals surface area (Å²) in [6.07, 6.45) is -1.28. The molecule has 0 radical (unpaired) electrons. The van der Waals surface area contributed by atoms with E-state index in [9.17, 15) is 27.9 Å². The van der Waals surface area contributed by atoms with Crippen molar-refractivity contribution in [1.82, 2.24) is 5.32 Å². The van der Waals surface area contributed by atoms with Gasteiger partial charge in [-0.05, 0) is 12.8 Å². The van der Waals surface area contributed by atoms with Gasteiger partial charge in [-0.15, -0.1) is 0 Å². The Balaban J connectivity index is 2.68. The first-order valence-electron chi connectivity index (χ1n) is 5.86. The molecule has 1 rings (SSSR count). The van der Waals surface area contributed by atoms with E-state index in [4.69, 9.17) is 0 Å². The fourth-order valence-electron chi connectivity index (χ4n) is 2.22. The summed E-state index contributed by atoms with van der Waals surface area (Å²) in [6.45, 7) is -0.458. The normalized spacial score (nSPS) is 19.9. The van der Waals surface area contributed by atoms with E-state index in [2.05, 4.69) is 0 Å². The predicted octanol–water partition coefficient (Wildman–Crippen LogP) is 2.09. The Morgan fingerprint density at radius 1 is 1.11 bits per heavy atom. The highest BCUT2D eigenvalue weighted by Gasteiger charge is 2.43. The van der Waals surface area contributed by atoms with E-state index in [1.165, 1.54) is 0 Å². The molecule has 0 bridgehead atoms. The zero-order chi connectivity index (χ0) is 13.8. The molecule has 0 aromatic heterocycles. The first-order valence-corrected chi connectivity index (χ1v) is 5.86. The molecule has 18 heavy (non-hydrogen) atoms. The average molecular weight is 267 g/mol. The summed E-state index contributed by atoms with van der Waals surface area (Å²) < 4.78 is 36.2. The van der Waals surface area contributed by atoms with Gasteiger partial charge < -0.3 is 10.4 Å². The van der Waals surface area contributed by atoms with Crippen molar-refractivity contribution in [2.75, 3.05) is 6.54 Å². The van der Waals surface area contributed by atoms with Gasteiger partial charge in [0, 0.05) is 6.54 Å². The smallest absolute Gasteiger partial charge is 0.471 e. The molecule has 0 aromatic carbocycles. The lowest BCUT2D eigenvalue weighted by Gasteiger charge is -2.28. The van der Waals surface area contributed by atoms with Crippen LogP contribution in [0.5, 0.6) is 0 Å². The topological polar surface area (TPSA) is 66.4 Å². The quantitative estimate of drug-likeness (QED) is 0.769. The van der Waals surface area contributed by atoms with Crippen LogP contribution in [-0.2, 0) is 9.59 Å². The molecule has 1 fully saturated rings. The number of nitrogens with one attached hydrogen (secondary N) is 1. The Morgan fingerprint density at radius 3 is 2.00 bits per heavy atom. The van der Waals surface area contributed by atoms with Crippen LogP contribution in [0, 0.1) is 5.41 Å². The zero-order valence-electron chi connectivity index (χ0n) is 9.85. The van der Waals surface area contributed by atoms with Gasteiger partial charge in [-0.3, -0.25) is 9.59 Å². The van der Waals surface area contributed by atoms with Gasteiger partial charge in [-0.2, -0.15) is 13.2 Å². The SMILES string of the molecule is O=C(NCC1(C(=O)O)CCCCCC1)C(F)(F)F. The molecule has 1 saturated carbocycles. The summed E-state index contributed by atoms with van der Waals surface area (Å²) in [4.78, 5) is 22.0. The van der Waals surface area contributed by atoms with Crippen LogP contribution < -0.4 is 5.32 Å². The molecule has 104 valence electrons. The van der Waals surface area contributed by atoms with Crippen LogP contribution in [0.15, 0.2) is 0 Å². The molecule has 2 N–H and O–H groups in total. The second-order valence-electron chi connectivity index (χ2n) is 4.68. The molecule has 0 aromatic rings. The highest BCUT2D eigenvalue weighted by atomic mass is 19.4. The van der Waals surface area contributed by atoms with Crippen LogP contribution >= 0.6 is 0 Å². The lowest BCUT2D eigenvalue weighted by atomic mass is 9.80. The summed E-state index contributed by atoms with van der Waals surface area (Å²) in [7, 11) is 0. The zero-order valence-corrected chi connectivity index (χ0v) is 9.85. The molecular formula is C11H16F3NO3. The van der Waals surface area contributed by atoms with Gasteiger partial charge in [0.05, 0.1) is 5.41 Å². The summed E-state index contributed by atoms with van der Waals surface area (Å²) in [5.41, 5.74) is -1.25. The standard InChI is InChI=1S/C11H16F3NO3/c12-11(13,14)8(16)15-7-10(9(17)18)5-3-1-2-4-6-10/h1-7H2,(H,15,16)(H,17,18). The number of hydrogen-bond acceptors (Lipinski definition) is 2. The number of hydrogen-bond donors (Lipinski definition) is 2. The fraction of sp³-hybridized carbons (Fsp3) is 0.818. The van der Waals surface area contributed by atoms with E-state index < -0.39 is 30.0 Å². The van der Waals surface area contributed by atoms with Crippen molar-refractivity contribution in [2.45, 2.75) is 44.7 Å². The lowest BCUT2D eigenvalue weighted by molar-refractivity contribution is -0.174. The Labute approximate surface area is 103 Å². The maximum atomic E-state index is 12.1. The largest absolute Gasteiger partial charge is 0.481 e. The third kappa shape index (κ3) is 3.61. The van der Waals surface area contributed by atoms with Crippen molar-refractivity contribution in [3.63, 3.8) is 0 Å². The molecule has 0 heterocycles. The number of carbonyl (C=O) groups excluding carboxylic acids is 1. The molecule has 0 spiro atoms. The second-order valence-corrected chi connectivity index (χ2v) is 4.68. The summed E-state index contributed by atoms with van der Waals surface area (Å²) in [5, 5.41) is 10.9. The van der Waals surface area contributed by atoms with Gasteiger partial charge in [-0.1, -0.05) is 25.7 Å². The van der Waals surface area contributed by atoms with E-state index in [-0.39, 0.29) is 0 Å². The predicted molar refractivity (Wildman–Crippen MR) is 56.8 cm³/mol. The third-order valence-electron chi connectivity index (χ3n) is 3.36. The molecule has 4 nitrogen and oxygen atoms in total. The molecule has 7 heteroatoms. The van der Waals surface area contributed by atoms with Crippen molar-refractivity contribution in [2.24, 2.45) is 5.41 Å². The number of carboxylic acid groups (broad SMARTS) is 1. The fourth-order valence-corrected chi connectivity index (χ4v) is 2.22. The van der Waals surface area contributed by atoms with Gasteiger partial charge in [0.15, 0.2) is 0 Å². The van der Waals surface area contributed by atoms with E-state index in [1.54, 1.807) is 5.32 Å². The minimum absolute atomic E-state index is 0.306. The van der Waals surface area contributed by atoms with Crippen molar-refractivity contribution in [3.05, 3.63) is 0 Å². The number of carboxylic acids is 1. The Kier molecular flexibility index (Phi) is 4.59. The van der Waals surface area contributed by atoms with Crippen LogP contribution in [0.25, 0.3) is 0 Å². The second kappa shape index (κ2) is 5.58. The van der Waals surface area contributed by atoms with Crippen LogP contribution in [0.1, 0.15) is 38.5 Å². The van der Waals surface area contributed by atoms with Crippen LogP contribution in [-0.4, -0.2) is 29.7 Å². The molecule has 1 aliphatic rings. The molecular weight excluding hydrogens is 251 g/mol. The number of halogens is 3. The number of aliphatic carboxylic acids is 1. The Morgan fingerprint density at radius 2 is 1.61 bits per heavy atom. The van der Waals surface area contributed by atoms with E-state index in [1.807, 2.05) is 0 Å². The summed E-state index contributed by atoms with van der Waals surface area (Å²) in [5.74, 6) is -3.21. The van der Waals surface area contributed by atoms with Crippen molar-refractivity contribution in [1.29, 1.82) is 0 Å². The molecule has 0 atom stereocenters. The first kappa shape index (κ1) is 14.8.